The Bertz CT molecular complexity index is 373. The first-order valence-electron chi connectivity index (χ1n) is 5.82. The van der Waals surface area contributed by atoms with Gasteiger partial charge in [-0.15, -0.1) is 0 Å². The van der Waals surface area contributed by atoms with Crippen molar-refractivity contribution in [2.45, 2.75) is 39.0 Å². The van der Waals surface area contributed by atoms with Crippen molar-refractivity contribution in [1.29, 1.82) is 0 Å². The number of rotatable bonds is 4. The molecule has 0 amide bonds. The number of halogens is 3. The van der Waals surface area contributed by atoms with E-state index in [0.717, 1.165) is 5.56 Å². The van der Waals surface area contributed by atoms with Crippen LogP contribution in [0.15, 0.2) is 24.3 Å². The van der Waals surface area contributed by atoms with Crippen molar-refractivity contribution in [3.8, 4) is 5.75 Å². The van der Waals surface area contributed by atoms with Gasteiger partial charge in [-0.05, 0) is 38.5 Å². The van der Waals surface area contributed by atoms with E-state index in [4.69, 9.17) is 0 Å². The van der Waals surface area contributed by atoms with Crippen molar-refractivity contribution in [1.82, 2.24) is 4.90 Å². The normalized spacial score (nSPS) is 14.2. The molecule has 2 nitrogen and oxygen atoms in total. The van der Waals surface area contributed by atoms with Gasteiger partial charge in [0.1, 0.15) is 5.75 Å². The van der Waals surface area contributed by atoms with Crippen LogP contribution < -0.4 is 0 Å². The number of hydrogen-bond acceptors (Lipinski definition) is 2. The van der Waals surface area contributed by atoms with Crippen LogP contribution in [0, 0.1) is 0 Å². The van der Waals surface area contributed by atoms with E-state index in [0.29, 0.717) is 0 Å². The highest BCUT2D eigenvalue weighted by molar-refractivity contribution is 5.27. The Morgan fingerprint density at radius 2 is 1.61 bits per heavy atom. The molecule has 0 aliphatic carbocycles. The summed E-state index contributed by atoms with van der Waals surface area (Å²) in [5.74, 6) is 0.109. The van der Waals surface area contributed by atoms with Crippen molar-refractivity contribution in [3.05, 3.63) is 29.8 Å². The van der Waals surface area contributed by atoms with E-state index >= 15 is 0 Å². The van der Waals surface area contributed by atoms with Gasteiger partial charge in [-0.1, -0.05) is 12.1 Å². The van der Waals surface area contributed by atoms with Crippen LogP contribution in [0.4, 0.5) is 13.2 Å². The molecule has 0 saturated carbocycles. The van der Waals surface area contributed by atoms with Crippen LogP contribution in [0.2, 0.25) is 0 Å². The van der Waals surface area contributed by atoms with Crippen LogP contribution in [-0.4, -0.2) is 28.8 Å². The quantitative estimate of drug-likeness (QED) is 0.892. The van der Waals surface area contributed by atoms with Crippen LogP contribution in [0.3, 0.4) is 0 Å². The summed E-state index contributed by atoms with van der Waals surface area (Å²) in [5, 5.41) is 9.18. The van der Waals surface area contributed by atoms with Gasteiger partial charge in [0.15, 0.2) is 0 Å². The summed E-state index contributed by atoms with van der Waals surface area (Å²) in [7, 11) is 0. The molecule has 0 heterocycles. The van der Waals surface area contributed by atoms with Crippen molar-refractivity contribution in [2.75, 3.05) is 6.54 Å². The Morgan fingerprint density at radius 3 is 2.00 bits per heavy atom. The summed E-state index contributed by atoms with van der Waals surface area (Å²) >= 11 is 0. The molecule has 0 radical (unpaired) electrons. The third-order valence-electron chi connectivity index (χ3n) is 2.90. The monoisotopic (exact) mass is 261 g/mol. The van der Waals surface area contributed by atoms with Crippen LogP contribution >= 0.6 is 0 Å². The molecule has 1 aromatic rings. The Labute approximate surface area is 105 Å². The molecule has 1 atom stereocenters. The summed E-state index contributed by atoms with van der Waals surface area (Å²) in [5.41, 5.74) is 0.755. The smallest absolute Gasteiger partial charge is 0.401 e. The molecule has 1 N–H and O–H groups in total. The number of phenols is 1. The lowest BCUT2D eigenvalue weighted by Gasteiger charge is -2.33. The van der Waals surface area contributed by atoms with Gasteiger partial charge in [0, 0.05) is 12.1 Å². The van der Waals surface area contributed by atoms with E-state index in [-0.39, 0.29) is 17.8 Å². The van der Waals surface area contributed by atoms with Crippen LogP contribution in [-0.2, 0) is 0 Å². The number of benzene rings is 1. The molecule has 0 aliphatic rings. The van der Waals surface area contributed by atoms with Gasteiger partial charge in [0.25, 0.3) is 0 Å². The van der Waals surface area contributed by atoms with E-state index in [2.05, 4.69) is 0 Å². The van der Waals surface area contributed by atoms with Crippen LogP contribution in [0.1, 0.15) is 32.4 Å². The van der Waals surface area contributed by atoms with Crippen LogP contribution in [0.5, 0.6) is 5.75 Å². The minimum absolute atomic E-state index is 0.109. The van der Waals surface area contributed by atoms with Gasteiger partial charge < -0.3 is 5.11 Å². The summed E-state index contributed by atoms with van der Waals surface area (Å²) in [4.78, 5) is 1.38. The van der Waals surface area contributed by atoms with E-state index in [1.165, 1.54) is 17.0 Å². The summed E-state index contributed by atoms with van der Waals surface area (Å²) in [6, 6.07) is 5.69. The van der Waals surface area contributed by atoms with E-state index in [1.54, 1.807) is 32.9 Å². The first-order chi connectivity index (χ1) is 8.20. The maximum absolute atomic E-state index is 12.5. The van der Waals surface area contributed by atoms with Gasteiger partial charge in [-0.25, -0.2) is 0 Å². The minimum Gasteiger partial charge on any atom is -0.508 e. The lowest BCUT2D eigenvalue weighted by Crippen LogP contribution is -2.40. The van der Waals surface area contributed by atoms with Gasteiger partial charge in [-0.2, -0.15) is 13.2 Å². The molecule has 0 spiro atoms. The average Bonchev–Trinajstić information content (AvgIpc) is 2.24. The Morgan fingerprint density at radius 1 is 1.11 bits per heavy atom. The first-order valence-corrected chi connectivity index (χ1v) is 5.82. The Balaban J connectivity index is 2.89. The van der Waals surface area contributed by atoms with Gasteiger partial charge >= 0.3 is 6.18 Å². The standard InChI is InChI=1S/C13H18F3NO/c1-9(2)17(8-13(14,15)16)10(3)11-4-6-12(18)7-5-11/h4-7,9-10,18H,8H2,1-3H3. The SMILES string of the molecule is CC(C)N(CC(F)(F)F)C(C)c1ccc(O)cc1. The first kappa shape index (κ1) is 14.8. The number of hydrogen-bond donors (Lipinski definition) is 1. The van der Waals surface area contributed by atoms with Crippen molar-refractivity contribution in [3.63, 3.8) is 0 Å². The molecule has 0 aliphatic heterocycles. The maximum atomic E-state index is 12.5. The summed E-state index contributed by atoms with van der Waals surface area (Å²) in [6.45, 7) is 4.27. The van der Waals surface area contributed by atoms with Gasteiger partial charge in [-0.3, -0.25) is 4.90 Å². The highest BCUT2D eigenvalue weighted by Gasteiger charge is 2.34. The average molecular weight is 261 g/mol. The van der Waals surface area contributed by atoms with E-state index < -0.39 is 12.7 Å². The zero-order valence-corrected chi connectivity index (χ0v) is 10.7. The molecule has 1 unspecified atom stereocenters. The van der Waals surface area contributed by atoms with Crippen molar-refractivity contribution < 1.29 is 18.3 Å². The highest BCUT2D eigenvalue weighted by Crippen LogP contribution is 2.28. The third-order valence-corrected chi connectivity index (χ3v) is 2.90. The van der Waals surface area contributed by atoms with Crippen LogP contribution in [0.25, 0.3) is 0 Å². The Kier molecular flexibility index (Phi) is 4.62. The van der Waals surface area contributed by atoms with E-state index in [1.807, 2.05) is 0 Å². The third kappa shape index (κ3) is 4.22. The van der Waals surface area contributed by atoms with Gasteiger partial charge in [0.2, 0.25) is 0 Å². The van der Waals surface area contributed by atoms with Crippen molar-refractivity contribution >= 4 is 0 Å². The number of phenolic OH excluding ortho intramolecular Hbond substituents is 1. The second-order valence-electron chi connectivity index (χ2n) is 4.65. The van der Waals surface area contributed by atoms with Crippen molar-refractivity contribution in [2.24, 2.45) is 0 Å². The molecule has 0 bridgehead atoms. The molecule has 1 aromatic carbocycles. The minimum atomic E-state index is -4.21. The maximum Gasteiger partial charge on any atom is 0.401 e. The fourth-order valence-corrected chi connectivity index (χ4v) is 1.92. The van der Waals surface area contributed by atoms with Gasteiger partial charge in [0.05, 0.1) is 6.54 Å². The predicted molar refractivity (Wildman–Crippen MR) is 64.4 cm³/mol. The summed E-state index contributed by atoms with van der Waals surface area (Å²) < 4.78 is 37.6. The molecular weight excluding hydrogens is 243 g/mol. The summed E-state index contributed by atoms with van der Waals surface area (Å²) in [6.07, 6.45) is -4.21. The molecule has 0 aromatic heterocycles. The molecule has 102 valence electrons. The second kappa shape index (κ2) is 5.61. The lowest BCUT2D eigenvalue weighted by atomic mass is 10.1. The topological polar surface area (TPSA) is 23.5 Å². The Hall–Kier alpha value is -1.23. The molecule has 1 rings (SSSR count). The van der Waals surface area contributed by atoms with E-state index in [9.17, 15) is 18.3 Å². The zero-order valence-electron chi connectivity index (χ0n) is 10.7. The second-order valence-corrected chi connectivity index (χ2v) is 4.65. The fraction of sp³-hybridized carbons (Fsp3) is 0.538. The molecule has 0 saturated heterocycles. The number of nitrogens with zero attached hydrogens (tertiary/aromatic N) is 1. The predicted octanol–water partition coefficient (Wildman–Crippen LogP) is 3.73. The largest absolute Gasteiger partial charge is 0.508 e. The zero-order chi connectivity index (χ0) is 13.9. The molecule has 0 fully saturated rings. The molecule has 5 heteroatoms. The molecular formula is C13H18F3NO. The number of aromatic hydroxyl groups is 1. The molecule has 18 heavy (non-hydrogen) atoms. The fourth-order valence-electron chi connectivity index (χ4n) is 1.92. The highest BCUT2D eigenvalue weighted by atomic mass is 19.4. The number of alkyl halides is 3. The lowest BCUT2D eigenvalue weighted by molar-refractivity contribution is -0.154.